The van der Waals surface area contributed by atoms with Gasteiger partial charge in [-0.3, -0.25) is 4.79 Å². The molecule has 0 aromatic rings. The standard InChI is InChI=1S/C7H9Cl3O4/c1-4(11)14-6(13)5(12)2-3-7(8,9)10/h5,12H,2-3H2,1H3. The van der Waals surface area contributed by atoms with Gasteiger partial charge in [0.05, 0.1) is 0 Å². The Morgan fingerprint density at radius 2 is 1.93 bits per heavy atom. The normalized spacial score (nSPS) is 13.5. The van der Waals surface area contributed by atoms with E-state index in [1.54, 1.807) is 0 Å². The van der Waals surface area contributed by atoms with Gasteiger partial charge in [0.1, 0.15) is 0 Å². The molecule has 0 radical (unpaired) electrons. The molecule has 1 unspecified atom stereocenters. The zero-order chi connectivity index (χ0) is 11.4. The van der Waals surface area contributed by atoms with Crippen molar-refractivity contribution >= 4 is 46.7 Å². The molecule has 0 heterocycles. The summed E-state index contributed by atoms with van der Waals surface area (Å²) in [6, 6.07) is 0. The first-order valence-corrected chi connectivity index (χ1v) is 4.83. The molecule has 82 valence electrons. The lowest BCUT2D eigenvalue weighted by Gasteiger charge is -2.12. The van der Waals surface area contributed by atoms with E-state index in [0.29, 0.717) is 0 Å². The van der Waals surface area contributed by atoms with Crippen LogP contribution >= 0.6 is 34.8 Å². The van der Waals surface area contributed by atoms with Gasteiger partial charge in [-0.2, -0.15) is 0 Å². The number of ether oxygens (including phenoxy) is 1. The number of hydrogen-bond acceptors (Lipinski definition) is 4. The maximum absolute atomic E-state index is 10.8. The molecule has 1 atom stereocenters. The minimum atomic E-state index is -1.53. The Balaban J connectivity index is 3.90. The van der Waals surface area contributed by atoms with Gasteiger partial charge < -0.3 is 9.84 Å². The molecular weight excluding hydrogens is 254 g/mol. The van der Waals surface area contributed by atoms with Gasteiger partial charge in [0.25, 0.3) is 0 Å². The Kier molecular flexibility index (Phi) is 5.74. The van der Waals surface area contributed by atoms with Crippen LogP contribution in [0.5, 0.6) is 0 Å². The monoisotopic (exact) mass is 262 g/mol. The summed E-state index contributed by atoms with van der Waals surface area (Å²) in [4.78, 5) is 21.2. The molecule has 7 heteroatoms. The molecule has 14 heavy (non-hydrogen) atoms. The van der Waals surface area contributed by atoms with Crippen LogP contribution in [0, 0.1) is 0 Å². The molecule has 0 rings (SSSR count). The van der Waals surface area contributed by atoms with Crippen molar-refractivity contribution < 1.29 is 19.4 Å². The average Bonchev–Trinajstić information content (AvgIpc) is 1.97. The highest BCUT2D eigenvalue weighted by molar-refractivity contribution is 6.67. The largest absolute Gasteiger partial charge is 0.391 e. The van der Waals surface area contributed by atoms with Crippen LogP contribution in [0.2, 0.25) is 0 Å². The van der Waals surface area contributed by atoms with Crippen molar-refractivity contribution in [2.24, 2.45) is 0 Å². The average molecular weight is 264 g/mol. The van der Waals surface area contributed by atoms with E-state index < -0.39 is 21.8 Å². The van der Waals surface area contributed by atoms with Gasteiger partial charge in [-0.1, -0.05) is 34.8 Å². The van der Waals surface area contributed by atoms with Crippen LogP contribution in [0.3, 0.4) is 0 Å². The quantitative estimate of drug-likeness (QED) is 0.477. The second-order valence-electron chi connectivity index (χ2n) is 2.58. The summed E-state index contributed by atoms with van der Waals surface area (Å²) in [5, 5.41) is 9.13. The van der Waals surface area contributed by atoms with Gasteiger partial charge in [0.15, 0.2) is 9.90 Å². The van der Waals surface area contributed by atoms with Gasteiger partial charge in [0.2, 0.25) is 0 Å². The third-order valence-electron chi connectivity index (χ3n) is 1.22. The summed E-state index contributed by atoms with van der Waals surface area (Å²) in [5.74, 6) is -1.82. The first kappa shape index (κ1) is 14.0. The van der Waals surface area contributed by atoms with Crippen LogP contribution in [-0.2, 0) is 14.3 Å². The Morgan fingerprint density at radius 3 is 2.29 bits per heavy atom. The SMILES string of the molecule is CC(=O)OC(=O)C(O)CCC(Cl)(Cl)Cl. The van der Waals surface area contributed by atoms with Gasteiger partial charge >= 0.3 is 11.9 Å². The molecule has 0 saturated heterocycles. The molecule has 0 aliphatic carbocycles. The van der Waals surface area contributed by atoms with Crippen molar-refractivity contribution in [3.63, 3.8) is 0 Å². The predicted octanol–water partition coefficient (Wildman–Crippen LogP) is 1.59. The number of carbonyl (C=O) groups is 2. The third kappa shape index (κ3) is 7.38. The number of esters is 2. The minimum absolute atomic E-state index is 0.00810. The molecule has 0 spiro atoms. The van der Waals surface area contributed by atoms with Crippen molar-refractivity contribution in [1.29, 1.82) is 0 Å². The summed E-state index contributed by atoms with van der Waals surface area (Å²) < 4.78 is 2.59. The van der Waals surface area contributed by atoms with E-state index in [1.165, 1.54) is 0 Å². The fraction of sp³-hybridized carbons (Fsp3) is 0.714. The van der Waals surface area contributed by atoms with Crippen molar-refractivity contribution in [3.8, 4) is 0 Å². The topological polar surface area (TPSA) is 63.6 Å². The molecule has 0 bridgehead atoms. The number of rotatable bonds is 3. The van der Waals surface area contributed by atoms with Crippen LogP contribution in [0.15, 0.2) is 0 Å². The van der Waals surface area contributed by atoms with Gasteiger partial charge in [-0.25, -0.2) is 4.79 Å². The Hall–Kier alpha value is -0.0300. The van der Waals surface area contributed by atoms with Crippen LogP contribution in [0.1, 0.15) is 19.8 Å². The fourth-order valence-electron chi connectivity index (χ4n) is 0.628. The van der Waals surface area contributed by atoms with Crippen molar-refractivity contribution in [3.05, 3.63) is 0 Å². The highest BCUT2D eigenvalue weighted by atomic mass is 35.6. The van der Waals surface area contributed by atoms with E-state index in [4.69, 9.17) is 39.9 Å². The molecule has 0 saturated carbocycles. The van der Waals surface area contributed by atoms with Crippen LogP contribution in [0.4, 0.5) is 0 Å². The number of hydrogen-bond donors (Lipinski definition) is 1. The van der Waals surface area contributed by atoms with Crippen LogP contribution in [-0.4, -0.2) is 26.9 Å². The van der Waals surface area contributed by atoms with Crippen LogP contribution < -0.4 is 0 Å². The lowest BCUT2D eigenvalue weighted by molar-refractivity contribution is -0.164. The van der Waals surface area contributed by atoms with Crippen molar-refractivity contribution in [2.75, 3.05) is 0 Å². The highest BCUT2D eigenvalue weighted by Gasteiger charge is 2.25. The minimum Gasteiger partial charge on any atom is -0.391 e. The molecule has 0 aliphatic rings. The Labute approximate surface area is 96.1 Å². The van der Waals surface area contributed by atoms with Gasteiger partial charge in [-0.05, 0) is 12.8 Å². The zero-order valence-electron chi connectivity index (χ0n) is 7.30. The maximum Gasteiger partial charge on any atom is 0.342 e. The second-order valence-corrected chi connectivity index (χ2v) is 5.10. The van der Waals surface area contributed by atoms with Crippen molar-refractivity contribution in [1.82, 2.24) is 0 Å². The number of carbonyl (C=O) groups excluding carboxylic acids is 2. The van der Waals surface area contributed by atoms with E-state index in [2.05, 4.69) is 4.74 Å². The third-order valence-corrected chi connectivity index (χ3v) is 1.78. The van der Waals surface area contributed by atoms with Crippen LogP contribution in [0.25, 0.3) is 0 Å². The first-order chi connectivity index (χ1) is 6.22. The molecule has 1 N–H and O–H groups in total. The van der Waals surface area contributed by atoms with E-state index in [-0.39, 0.29) is 12.8 Å². The summed E-state index contributed by atoms with van der Waals surface area (Å²) in [6.45, 7) is 1.06. The summed E-state index contributed by atoms with van der Waals surface area (Å²) in [5.41, 5.74) is 0. The molecule has 0 amide bonds. The second kappa shape index (κ2) is 5.75. The van der Waals surface area contributed by atoms with E-state index in [9.17, 15) is 9.59 Å². The molecule has 4 nitrogen and oxygen atoms in total. The molecule has 0 fully saturated rings. The fourth-order valence-corrected chi connectivity index (χ4v) is 0.955. The summed E-state index contributed by atoms with van der Waals surface area (Å²) in [7, 11) is 0. The maximum atomic E-state index is 10.8. The smallest absolute Gasteiger partial charge is 0.342 e. The number of aliphatic hydroxyl groups is 1. The highest BCUT2D eigenvalue weighted by Crippen LogP contribution is 2.31. The zero-order valence-corrected chi connectivity index (χ0v) is 9.57. The van der Waals surface area contributed by atoms with Crippen molar-refractivity contribution in [2.45, 2.75) is 29.7 Å². The van der Waals surface area contributed by atoms with Gasteiger partial charge in [-0.15, -0.1) is 0 Å². The summed E-state index contributed by atoms with van der Waals surface area (Å²) >= 11 is 16.2. The van der Waals surface area contributed by atoms with E-state index in [0.717, 1.165) is 6.92 Å². The molecule has 0 aliphatic heterocycles. The number of aliphatic hydroxyl groups excluding tert-OH is 1. The molecule has 0 aromatic heterocycles. The Bertz CT molecular complexity index is 223. The Morgan fingerprint density at radius 1 is 1.43 bits per heavy atom. The number of alkyl halides is 3. The summed E-state index contributed by atoms with van der Waals surface area (Å²) in [6.07, 6.45) is -1.54. The lowest BCUT2D eigenvalue weighted by Crippen LogP contribution is -2.26. The van der Waals surface area contributed by atoms with E-state index in [1.807, 2.05) is 0 Å². The lowest BCUT2D eigenvalue weighted by atomic mass is 10.2. The molecular formula is C7H9Cl3O4. The van der Waals surface area contributed by atoms with E-state index >= 15 is 0 Å². The predicted molar refractivity (Wildman–Crippen MR) is 52.3 cm³/mol. The van der Waals surface area contributed by atoms with Gasteiger partial charge in [0, 0.05) is 6.92 Å². The first-order valence-electron chi connectivity index (χ1n) is 3.69. The number of halogens is 3. The molecule has 0 aromatic carbocycles.